The predicted molar refractivity (Wildman–Crippen MR) is 85.9 cm³/mol. The van der Waals surface area contributed by atoms with Gasteiger partial charge in [0.2, 0.25) is 0 Å². The summed E-state index contributed by atoms with van der Waals surface area (Å²) in [5.74, 6) is -0.173. The van der Waals surface area contributed by atoms with Gasteiger partial charge in [0.1, 0.15) is 17.0 Å². The number of carbonyl (C=O) groups is 1. The maximum absolute atomic E-state index is 11.4. The number of thiophene rings is 1. The summed E-state index contributed by atoms with van der Waals surface area (Å²) in [4.78, 5) is 22.4. The van der Waals surface area contributed by atoms with Crippen LogP contribution >= 0.6 is 11.3 Å². The molecule has 5 nitrogen and oxygen atoms in total. The van der Waals surface area contributed by atoms with Crippen LogP contribution in [0.1, 0.15) is 43.6 Å². The maximum atomic E-state index is 11.4. The summed E-state index contributed by atoms with van der Waals surface area (Å²) >= 11 is 1.71. The fourth-order valence-electron chi connectivity index (χ4n) is 3.05. The standard InChI is InChI=1S/C16H21N3O2S/c1-9(2)7-11(16(20)21)19-14-13-10-5-3-4-6-12(10)22-15(13)18-8-17-14/h8-9,11H,3-7H2,1-2H3,(H,20,21)(H,17,18,19)/p-1/t11-/m1/s1. The monoisotopic (exact) mass is 318 g/mol. The van der Waals surface area contributed by atoms with Crippen LogP contribution in [0.15, 0.2) is 6.33 Å². The minimum Gasteiger partial charge on any atom is -0.548 e. The van der Waals surface area contributed by atoms with Gasteiger partial charge in [-0.05, 0) is 43.6 Å². The number of carboxylic acids is 1. The number of hydrogen-bond acceptors (Lipinski definition) is 6. The molecule has 0 radical (unpaired) electrons. The van der Waals surface area contributed by atoms with Gasteiger partial charge in [-0.1, -0.05) is 13.8 Å². The molecule has 6 heteroatoms. The van der Waals surface area contributed by atoms with E-state index in [1.807, 2.05) is 13.8 Å². The van der Waals surface area contributed by atoms with Gasteiger partial charge >= 0.3 is 0 Å². The smallest absolute Gasteiger partial charge is 0.138 e. The van der Waals surface area contributed by atoms with Crippen molar-refractivity contribution in [1.29, 1.82) is 0 Å². The Morgan fingerprint density at radius 3 is 2.86 bits per heavy atom. The molecule has 1 atom stereocenters. The van der Waals surface area contributed by atoms with Gasteiger partial charge in [-0.25, -0.2) is 9.97 Å². The predicted octanol–water partition coefficient (Wildman–Crippen LogP) is 2.15. The van der Waals surface area contributed by atoms with E-state index >= 15 is 0 Å². The number of rotatable bonds is 5. The number of anilines is 1. The molecule has 0 spiro atoms. The lowest BCUT2D eigenvalue weighted by Gasteiger charge is -2.22. The third kappa shape index (κ3) is 2.92. The zero-order chi connectivity index (χ0) is 15.7. The summed E-state index contributed by atoms with van der Waals surface area (Å²) in [5.41, 5.74) is 1.30. The fourth-order valence-corrected chi connectivity index (χ4v) is 4.28. The third-order valence-corrected chi connectivity index (χ3v) is 5.25. The highest BCUT2D eigenvalue weighted by Crippen LogP contribution is 2.38. The molecule has 1 aliphatic carbocycles. The summed E-state index contributed by atoms with van der Waals surface area (Å²) < 4.78 is 0. The molecule has 22 heavy (non-hydrogen) atoms. The van der Waals surface area contributed by atoms with E-state index in [-0.39, 0.29) is 5.92 Å². The van der Waals surface area contributed by atoms with Crippen LogP contribution in [-0.4, -0.2) is 22.0 Å². The van der Waals surface area contributed by atoms with Crippen LogP contribution < -0.4 is 10.4 Å². The Morgan fingerprint density at radius 1 is 1.36 bits per heavy atom. The van der Waals surface area contributed by atoms with Gasteiger partial charge in [0.05, 0.1) is 17.4 Å². The highest BCUT2D eigenvalue weighted by molar-refractivity contribution is 7.19. The van der Waals surface area contributed by atoms with Crippen LogP contribution in [-0.2, 0) is 17.6 Å². The van der Waals surface area contributed by atoms with Crippen LogP contribution in [0, 0.1) is 5.92 Å². The highest BCUT2D eigenvalue weighted by Gasteiger charge is 2.21. The topological polar surface area (TPSA) is 77.9 Å². The van der Waals surface area contributed by atoms with Crippen molar-refractivity contribution in [2.75, 3.05) is 5.32 Å². The number of aryl methyl sites for hydroxylation is 2. The SMILES string of the molecule is CC(C)C[C@@H](Nc1ncnc2sc3c(c12)CCCC3)C(=O)[O-]. The number of nitrogens with zero attached hydrogens (tertiary/aromatic N) is 2. The summed E-state index contributed by atoms with van der Waals surface area (Å²) in [6, 6.07) is -0.725. The van der Waals surface area contributed by atoms with E-state index in [4.69, 9.17) is 0 Å². The zero-order valence-electron chi connectivity index (χ0n) is 12.9. The molecular weight excluding hydrogens is 298 g/mol. The normalized spacial score (nSPS) is 15.8. The number of nitrogens with one attached hydrogen (secondary N) is 1. The van der Waals surface area contributed by atoms with Crippen molar-refractivity contribution in [3.63, 3.8) is 0 Å². The van der Waals surface area contributed by atoms with Gasteiger partial charge in [0.25, 0.3) is 0 Å². The second-order valence-corrected chi connectivity index (χ2v) is 7.34. The molecule has 0 aromatic carbocycles. The molecule has 2 aromatic rings. The van der Waals surface area contributed by atoms with Gasteiger partial charge in [-0.3, -0.25) is 0 Å². The molecule has 118 valence electrons. The van der Waals surface area contributed by atoms with Crippen molar-refractivity contribution in [1.82, 2.24) is 9.97 Å². The lowest BCUT2D eigenvalue weighted by Crippen LogP contribution is -2.42. The maximum Gasteiger partial charge on any atom is 0.138 e. The highest BCUT2D eigenvalue weighted by atomic mass is 32.1. The first-order chi connectivity index (χ1) is 10.6. The summed E-state index contributed by atoms with van der Waals surface area (Å²) in [7, 11) is 0. The Morgan fingerprint density at radius 2 is 2.14 bits per heavy atom. The molecule has 3 rings (SSSR count). The Hall–Kier alpha value is -1.69. The molecule has 0 saturated carbocycles. The van der Waals surface area contributed by atoms with E-state index in [2.05, 4.69) is 15.3 Å². The average molecular weight is 318 g/mol. The third-order valence-electron chi connectivity index (χ3n) is 4.05. The quantitative estimate of drug-likeness (QED) is 0.914. The molecule has 0 unspecified atom stereocenters. The molecule has 1 aliphatic rings. The fraction of sp³-hybridized carbons (Fsp3) is 0.562. The van der Waals surface area contributed by atoms with Crippen molar-refractivity contribution >= 4 is 33.3 Å². The zero-order valence-corrected chi connectivity index (χ0v) is 13.7. The number of carbonyl (C=O) groups excluding carboxylic acids is 1. The van der Waals surface area contributed by atoms with E-state index in [9.17, 15) is 9.90 Å². The first-order valence-corrected chi connectivity index (χ1v) is 8.60. The molecule has 0 saturated heterocycles. The number of aliphatic carboxylic acids is 1. The van der Waals surface area contributed by atoms with Crippen LogP contribution in [0.3, 0.4) is 0 Å². The van der Waals surface area contributed by atoms with Gasteiger partial charge in [0, 0.05) is 4.88 Å². The first-order valence-electron chi connectivity index (χ1n) is 7.79. The molecule has 0 amide bonds. The molecule has 0 fully saturated rings. The minimum atomic E-state index is -1.08. The number of carboxylic acid groups (broad SMARTS) is 1. The molecule has 0 bridgehead atoms. The average Bonchev–Trinajstić information content (AvgIpc) is 2.85. The van der Waals surface area contributed by atoms with Crippen LogP contribution in [0.4, 0.5) is 5.82 Å². The van der Waals surface area contributed by atoms with Crippen LogP contribution in [0.25, 0.3) is 10.2 Å². The van der Waals surface area contributed by atoms with Gasteiger partial charge in [0.15, 0.2) is 0 Å². The number of fused-ring (bicyclic) bond motifs is 3. The summed E-state index contributed by atoms with van der Waals surface area (Å²) in [6.07, 6.45) is 6.52. The number of hydrogen-bond donors (Lipinski definition) is 1. The van der Waals surface area contributed by atoms with Crippen molar-refractivity contribution < 1.29 is 9.90 Å². The molecule has 0 aliphatic heterocycles. The minimum absolute atomic E-state index is 0.268. The lowest BCUT2D eigenvalue weighted by molar-refractivity contribution is -0.307. The van der Waals surface area contributed by atoms with Gasteiger partial charge in [-0.2, -0.15) is 0 Å². The Balaban J connectivity index is 1.99. The first kappa shape index (κ1) is 15.2. The lowest BCUT2D eigenvalue weighted by atomic mass is 9.97. The van der Waals surface area contributed by atoms with Crippen molar-refractivity contribution in [2.45, 2.75) is 52.0 Å². The van der Waals surface area contributed by atoms with Crippen molar-refractivity contribution in [3.8, 4) is 0 Å². The van der Waals surface area contributed by atoms with Crippen molar-refractivity contribution in [2.24, 2.45) is 5.92 Å². The van der Waals surface area contributed by atoms with Crippen LogP contribution in [0.5, 0.6) is 0 Å². The second-order valence-electron chi connectivity index (χ2n) is 6.26. The van der Waals surface area contributed by atoms with Crippen molar-refractivity contribution in [3.05, 3.63) is 16.8 Å². The molecule has 2 heterocycles. The van der Waals surface area contributed by atoms with E-state index in [1.165, 1.54) is 29.6 Å². The number of aromatic nitrogens is 2. The van der Waals surface area contributed by atoms with E-state index in [0.717, 1.165) is 23.1 Å². The van der Waals surface area contributed by atoms with E-state index < -0.39 is 12.0 Å². The van der Waals surface area contributed by atoms with E-state index in [1.54, 1.807) is 11.3 Å². The molecule has 2 aromatic heterocycles. The largest absolute Gasteiger partial charge is 0.548 e. The Labute approximate surface area is 133 Å². The Bertz CT molecular complexity index is 696. The van der Waals surface area contributed by atoms with Gasteiger partial charge < -0.3 is 15.2 Å². The summed E-state index contributed by atoms with van der Waals surface area (Å²) in [6.45, 7) is 4.00. The molecular formula is C16H20N3O2S-. The van der Waals surface area contributed by atoms with Gasteiger partial charge in [-0.15, -0.1) is 11.3 Å². The van der Waals surface area contributed by atoms with Crippen LogP contribution in [0.2, 0.25) is 0 Å². The molecule has 1 N–H and O–H groups in total. The summed E-state index contributed by atoms with van der Waals surface area (Å²) in [5, 5.41) is 15.5. The Kier molecular flexibility index (Phi) is 4.29. The second kappa shape index (κ2) is 6.20. The van der Waals surface area contributed by atoms with E-state index in [0.29, 0.717) is 12.2 Å².